The van der Waals surface area contributed by atoms with E-state index in [1.165, 1.54) is 31.9 Å². The van der Waals surface area contributed by atoms with Crippen LogP contribution in [0, 0.1) is 29.5 Å². The van der Waals surface area contributed by atoms with Crippen LogP contribution in [0.3, 0.4) is 0 Å². The van der Waals surface area contributed by atoms with Crippen molar-refractivity contribution in [3.63, 3.8) is 0 Å². The third kappa shape index (κ3) is 4.10. The molecule has 7 rings (SSSR count). The molecule has 3 atom stereocenters. The highest BCUT2D eigenvalue weighted by molar-refractivity contribution is 6.31. The summed E-state index contributed by atoms with van der Waals surface area (Å²) in [6, 6.07) is 1.73. The van der Waals surface area contributed by atoms with Crippen molar-refractivity contribution >= 4 is 34.4 Å². The predicted octanol–water partition coefficient (Wildman–Crippen LogP) is 4.11. The maximum Gasteiger partial charge on any atom is 0.334 e. The first-order valence-electron chi connectivity index (χ1n) is 12.5. The van der Waals surface area contributed by atoms with Crippen LogP contribution in [-0.4, -0.2) is 62.0 Å². The van der Waals surface area contributed by atoms with E-state index in [1.54, 1.807) is 11.0 Å². The second kappa shape index (κ2) is 9.23. The minimum Gasteiger partial charge on any atom is -0.479 e. The van der Waals surface area contributed by atoms with Gasteiger partial charge in [0.15, 0.2) is 29.2 Å². The molecule has 2 N–H and O–H groups in total. The van der Waals surface area contributed by atoms with Gasteiger partial charge < -0.3 is 14.7 Å². The van der Waals surface area contributed by atoms with E-state index in [9.17, 15) is 9.90 Å². The Hall–Kier alpha value is -2.85. The van der Waals surface area contributed by atoms with E-state index in [2.05, 4.69) is 27.1 Å². The summed E-state index contributed by atoms with van der Waals surface area (Å²) in [5.41, 5.74) is 1.32. The molecule has 0 radical (unpaired) electrons. The topological polar surface area (TPSA) is 117 Å². The molecule has 190 valence electrons. The summed E-state index contributed by atoms with van der Waals surface area (Å²) in [6.07, 6.45) is 5.86. The summed E-state index contributed by atoms with van der Waals surface area (Å²) in [6.45, 7) is 2.79. The maximum absolute atomic E-state index is 16.1. The van der Waals surface area contributed by atoms with E-state index in [0.29, 0.717) is 69.9 Å². The first-order valence-corrected chi connectivity index (χ1v) is 12.9. The summed E-state index contributed by atoms with van der Waals surface area (Å²) in [5.74, 6) is 0.936. The standard InChI is InChI=1S/C25H28ClFN6O3/c1-12-13-2-4-14(5-3-13)16(12)9-18-20(27)24(33-6-7-36-19(11-33)25(34)35)30-23(29-18)21-17-8-15(26)10-28-22(17)32-31-21/h8,10,12-14,16,19H,2-7,9,11H2,1H3,(H,34,35)(H,28,31,32)/t12-,13?,14?,16+,19?/m0/s1. The molecule has 3 aliphatic carbocycles. The number of carboxylic acid groups (broad SMARTS) is 1. The molecular formula is C25H28ClFN6O3. The van der Waals surface area contributed by atoms with Crippen LogP contribution in [0.1, 0.15) is 38.3 Å². The number of aromatic nitrogens is 5. The minimum absolute atomic E-state index is 0.00375. The number of hydrogen-bond donors (Lipinski definition) is 2. The number of pyridine rings is 1. The summed E-state index contributed by atoms with van der Waals surface area (Å²) < 4.78 is 21.5. The van der Waals surface area contributed by atoms with Gasteiger partial charge in [0.25, 0.3) is 0 Å². The molecule has 3 aromatic heterocycles. The molecule has 36 heavy (non-hydrogen) atoms. The van der Waals surface area contributed by atoms with E-state index in [1.807, 2.05) is 0 Å². The van der Waals surface area contributed by atoms with E-state index >= 15 is 4.39 Å². The molecule has 0 aromatic carbocycles. The van der Waals surface area contributed by atoms with Crippen LogP contribution in [0.5, 0.6) is 0 Å². The minimum atomic E-state index is -1.08. The van der Waals surface area contributed by atoms with Crippen molar-refractivity contribution in [3.8, 4) is 11.5 Å². The van der Waals surface area contributed by atoms with Gasteiger partial charge in [-0.2, -0.15) is 5.10 Å². The molecule has 0 amide bonds. The maximum atomic E-state index is 16.1. The molecule has 11 heteroatoms. The lowest BCUT2D eigenvalue weighted by molar-refractivity contribution is -0.150. The van der Waals surface area contributed by atoms with Crippen LogP contribution in [0.4, 0.5) is 10.2 Å². The number of aliphatic carboxylic acids is 1. The number of fused-ring (bicyclic) bond motifs is 4. The van der Waals surface area contributed by atoms with E-state index in [-0.39, 0.29) is 19.0 Å². The lowest BCUT2D eigenvalue weighted by Crippen LogP contribution is -2.47. The Morgan fingerprint density at radius 1 is 1.28 bits per heavy atom. The number of halogens is 2. The van der Waals surface area contributed by atoms with Gasteiger partial charge in [0.2, 0.25) is 0 Å². The molecule has 9 nitrogen and oxygen atoms in total. The summed E-state index contributed by atoms with van der Waals surface area (Å²) in [7, 11) is 0. The van der Waals surface area contributed by atoms with E-state index in [0.717, 1.165) is 0 Å². The molecule has 3 saturated carbocycles. The Kier molecular flexibility index (Phi) is 6.03. The van der Waals surface area contributed by atoms with Crippen LogP contribution < -0.4 is 4.90 Å². The number of aromatic amines is 1. The van der Waals surface area contributed by atoms with Crippen molar-refractivity contribution in [2.45, 2.75) is 45.1 Å². The number of rotatable bonds is 5. The summed E-state index contributed by atoms with van der Waals surface area (Å²) in [5, 5.41) is 17.7. The fraction of sp³-hybridized carbons (Fsp3) is 0.560. The Balaban J connectivity index is 1.44. The van der Waals surface area contributed by atoms with Crippen molar-refractivity contribution in [1.82, 2.24) is 25.1 Å². The van der Waals surface area contributed by atoms with Crippen molar-refractivity contribution in [2.75, 3.05) is 24.6 Å². The van der Waals surface area contributed by atoms with Crippen LogP contribution in [0.2, 0.25) is 5.02 Å². The average molecular weight is 515 g/mol. The van der Waals surface area contributed by atoms with Gasteiger partial charge in [0, 0.05) is 12.7 Å². The summed E-state index contributed by atoms with van der Waals surface area (Å²) in [4.78, 5) is 26.8. The lowest BCUT2D eigenvalue weighted by atomic mass is 9.58. The Labute approximate surface area is 212 Å². The number of nitrogens with zero attached hydrogens (tertiary/aromatic N) is 5. The zero-order valence-electron chi connectivity index (χ0n) is 20.0. The zero-order valence-corrected chi connectivity index (χ0v) is 20.7. The van der Waals surface area contributed by atoms with Gasteiger partial charge in [-0.3, -0.25) is 5.10 Å². The van der Waals surface area contributed by atoms with Crippen LogP contribution in [-0.2, 0) is 16.0 Å². The highest BCUT2D eigenvalue weighted by Crippen LogP contribution is 2.50. The second-order valence-electron chi connectivity index (χ2n) is 10.3. The molecule has 4 aliphatic rings. The number of nitrogens with one attached hydrogen (secondary N) is 1. The normalized spacial score (nSPS) is 28.1. The van der Waals surface area contributed by atoms with Gasteiger partial charge in [-0.05, 0) is 61.8 Å². The molecule has 1 aliphatic heterocycles. The predicted molar refractivity (Wildman–Crippen MR) is 131 cm³/mol. The lowest BCUT2D eigenvalue weighted by Gasteiger charge is -2.47. The molecular weight excluding hydrogens is 487 g/mol. The van der Waals surface area contributed by atoms with Gasteiger partial charge in [-0.1, -0.05) is 18.5 Å². The first-order chi connectivity index (χ1) is 17.4. The number of morpholine rings is 1. The smallest absolute Gasteiger partial charge is 0.334 e. The molecule has 4 heterocycles. The van der Waals surface area contributed by atoms with Crippen molar-refractivity contribution in [2.24, 2.45) is 23.7 Å². The SMILES string of the molecule is C[C@H]1C2CCC(CC2)[C@@H]1Cc1nc(-c2[nH]nc3ncc(Cl)cc23)nc(N2CCOC(C(=O)O)C2)c1F. The molecule has 2 bridgehead atoms. The summed E-state index contributed by atoms with van der Waals surface area (Å²) >= 11 is 6.19. The number of ether oxygens (including phenoxy) is 1. The third-order valence-corrected chi connectivity index (χ3v) is 8.62. The fourth-order valence-electron chi connectivity index (χ4n) is 6.43. The van der Waals surface area contributed by atoms with Crippen LogP contribution in [0.25, 0.3) is 22.6 Å². The van der Waals surface area contributed by atoms with E-state index < -0.39 is 17.9 Å². The van der Waals surface area contributed by atoms with Gasteiger partial charge in [-0.15, -0.1) is 0 Å². The van der Waals surface area contributed by atoms with Crippen LogP contribution >= 0.6 is 11.6 Å². The highest BCUT2D eigenvalue weighted by atomic mass is 35.5. The molecule has 1 saturated heterocycles. The van der Waals surface area contributed by atoms with Crippen molar-refractivity contribution < 1.29 is 19.0 Å². The van der Waals surface area contributed by atoms with E-state index in [4.69, 9.17) is 21.3 Å². The highest BCUT2D eigenvalue weighted by Gasteiger charge is 2.42. The number of carboxylic acids is 1. The zero-order chi connectivity index (χ0) is 25.0. The largest absolute Gasteiger partial charge is 0.479 e. The van der Waals surface area contributed by atoms with Gasteiger partial charge in [-0.25, -0.2) is 24.1 Å². The van der Waals surface area contributed by atoms with Crippen LogP contribution in [0.15, 0.2) is 12.3 Å². The molecule has 4 fully saturated rings. The van der Waals surface area contributed by atoms with Gasteiger partial charge in [0.1, 0.15) is 5.69 Å². The quantitative estimate of drug-likeness (QED) is 0.522. The fourth-order valence-corrected chi connectivity index (χ4v) is 6.58. The third-order valence-electron chi connectivity index (χ3n) is 8.41. The van der Waals surface area contributed by atoms with Crippen molar-refractivity contribution in [1.29, 1.82) is 0 Å². The van der Waals surface area contributed by atoms with Crippen molar-refractivity contribution in [3.05, 3.63) is 28.8 Å². The number of anilines is 1. The monoisotopic (exact) mass is 514 g/mol. The Morgan fingerprint density at radius 2 is 2.06 bits per heavy atom. The number of H-pyrrole nitrogens is 1. The Bertz CT molecular complexity index is 1310. The average Bonchev–Trinajstić information content (AvgIpc) is 3.30. The molecule has 1 unspecified atom stereocenters. The first kappa shape index (κ1) is 23.5. The number of hydrogen-bond acceptors (Lipinski definition) is 7. The van der Waals surface area contributed by atoms with Gasteiger partial charge >= 0.3 is 5.97 Å². The Morgan fingerprint density at radius 3 is 2.81 bits per heavy atom. The van der Waals surface area contributed by atoms with Gasteiger partial charge in [0.05, 0.1) is 29.3 Å². The number of carbonyl (C=O) groups is 1. The second-order valence-corrected chi connectivity index (χ2v) is 10.7. The molecule has 0 spiro atoms. The molecule has 3 aromatic rings.